The Morgan fingerprint density at radius 3 is 2.42 bits per heavy atom. The molecular weight excluding hydrogens is 331 g/mol. The van der Waals surface area contributed by atoms with Gasteiger partial charge < -0.3 is 0 Å². The average Bonchev–Trinajstić information content (AvgIpc) is 2.63. The van der Waals surface area contributed by atoms with Gasteiger partial charge in [0, 0.05) is 0 Å². The van der Waals surface area contributed by atoms with E-state index in [-0.39, 0.29) is 17.9 Å². The number of phenols is 1. The Bertz CT molecular complexity index is 710. The van der Waals surface area contributed by atoms with Crippen LogP contribution in [-0.4, -0.2) is 65.9 Å². The first-order valence-corrected chi connectivity index (χ1v) is 8.96. The molecule has 5 N–H and O–H groups in total. The molecule has 3 rings (SSSR count). The third-order valence-corrected chi connectivity index (χ3v) is 4.91. The SMILES string of the molecule is NB=C(/C=C(\N)c1ccccc1O)N1CCN(C(=O)OC2CCC2)CC1. The van der Waals surface area contributed by atoms with E-state index in [4.69, 9.17) is 16.1 Å². The van der Waals surface area contributed by atoms with Gasteiger partial charge in [-0.1, -0.05) is 0 Å². The fourth-order valence-electron chi connectivity index (χ4n) is 3.05. The van der Waals surface area contributed by atoms with Gasteiger partial charge in [-0.15, -0.1) is 0 Å². The summed E-state index contributed by atoms with van der Waals surface area (Å²) in [5, 5.41) is 9.93. The topological polar surface area (TPSA) is 105 Å². The first kappa shape index (κ1) is 18.2. The third kappa shape index (κ3) is 4.12. The monoisotopic (exact) mass is 356 g/mol. The molecule has 7 nitrogen and oxygen atoms in total. The number of amides is 1. The molecule has 1 aliphatic heterocycles. The number of para-hydroxylation sites is 1. The molecule has 138 valence electrons. The molecule has 2 fully saturated rings. The molecule has 2 aliphatic rings. The molecule has 1 saturated carbocycles. The van der Waals surface area contributed by atoms with Gasteiger partial charge >= 0.3 is 153 Å². The summed E-state index contributed by atoms with van der Waals surface area (Å²) in [7, 11) is 1.50. The number of hydrogen-bond acceptors (Lipinski definition) is 6. The summed E-state index contributed by atoms with van der Waals surface area (Å²) in [5.74, 6) is 0.126. The van der Waals surface area contributed by atoms with Crippen LogP contribution in [0, 0.1) is 0 Å². The van der Waals surface area contributed by atoms with E-state index in [1.165, 1.54) is 7.06 Å². The van der Waals surface area contributed by atoms with Crippen molar-refractivity contribution in [2.75, 3.05) is 26.2 Å². The van der Waals surface area contributed by atoms with Crippen LogP contribution in [0.3, 0.4) is 0 Å². The first-order valence-electron chi connectivity index (χ1n) is 8.96. The Morgan fingerprint density at radius 1 is 1.19 bits per heavy atom. The molecule has 1 saturated heterocycles. The van der Waals surface area contributed by atoms with Gasteiger partial charge in [-0.2, -0.15) is 0 Å². The number of rotatable bonds is 4. The summed E-state index contributed by atoms with van der Waals surface area (Å²) in [6, 6.07) is 6.90. The second-order valence-electron chi connectivity index (χ2n) is 6.62. The Hall–Kier alpha value is -2.64. The van der Waals surface area contributed by atoms with Crippen LogP contribution in [0.1, 0.15) is 24.8 Å². The van der Waals surface area contributed by atoms with Crippen molar-refractivity contribution in [3.05, 3.63) is 35.9 Å². The molecule has 0 unspecified atom stereocenters. The van der Waals surface area contributed by atoms with Gasteiger partial charge in [-0.3, -0.25) is 0 Å². The van der Waals surface area contributed by atoms with Crippen LogP contribution < -0.4 is 11.4 Å². The van der Waals surface area contributed by atoms with Gasteiger partial charge in [-0.05, 0) is 0 Å². The molecule has 0 aromatic heterocycles. The molecule has 0 spiro atoms. The second kappa shape index (κ2) is 8.16. The number of phenolic OH excluding ortho intramolecular Hbond substituents is 1. The standard InChI is InChI=1S/C18H25BN4O3/c20-15(14-6-1-2-7-16(14)24)12-17(19-21)22-8-10-23(11-9-22)18(25)26-13-4-3-5-13/h1-2,6-7,12-13,24H,3-5,8-11,20-21H2/b15-12-. The molecule has 1 aromatic carbocycles. The fraction of sp³-hybridized carbons (Fsp3) is 0.444. The molecule has 0 radical (unpaired) electrons. The maximum atomic E-state index is 12.1. The predicted molar refractivity (Wildman–Crippen MR) is 102 cm³/mol. The van der Waals surface area contributed by atoms with Crippen LogP contribution in [-0.2, 0) is 4.74 Å². The quantitative estimate of drug-likeness (QED) is 0.686. The molecular formula is C18H25BN4O3. The van der Waals surface area contributed by atoms with Crippen molar-refractivity contribution >= 4 is 24.4 Å². The minimum atomic E-state index is -0.225. The minimum absolute atomic E-state index is 0.0984. The molecule has 26 heavy (non-hydrogen) atoms. The zero-order chi connectivity index (χ0) is 18.5. The van der Waals surface area contributed by atoms with Crippen molar-refractivity contribution in [1.82, 2.24) is 9.80 Å². The third-order valence-electron chi connectivity index (χ3n) is 4.91. The molecule has 1 aromatic rings. The second-order valence-corrected chi connectivity index (χ2v) is 6.62. The molecule has 1 amide bonds. The van der Waals surface area contributed by atoms with Crippen LogP contribution >= 0.6 is 0 Å². The number of nitrogens with zero attached hydrogens (tertiary/aromatic N) is 2. The van der Waals surface area contributed by atoms with Crippen molar-refractivity contribution in [3.8, 4) is 5.75 Å². The van der Waals surface area contributed by atoms with Gasteiger partial charge in [0.2, 0.25) is 0 Å². The molecule has 8 heteroatoms. The van der Waals surface area contributed by atoms with Crippen LogP contribution in [0.15, 0.2) is 30.3 Å². The van der Waals surface area contributed by atoms with Crippen molar-refractivity contribution < 1.29 is 14.6 Å². The van der Waals surface area contributed by atoms with Crippen LogP contribution in [0.25, 0.3) is 5.70 Å². The Morgan fingerprint density at radius 2 is 1.85 bits per heavy atom. The Kier molecular flexibility index (Phi) is 5.70. The molecule has 1 aliphatic carbocycles. The Labute approximate surface area is 154 Å². The summed E-state index contributed by atoms with van der Waals surface area (Å²) < 4.78 is 5.45. The van der Waals surface area contributed by atoms with E-state index in [1.807, 2.05) is 6.07 Å². The number of nitrogens with two attached hydrogens (primary N) is 2. The number of ether oxygens (including phenoxy) is 1. The van der Waals surface area contributed by atoms with Crippen LogP contribution in [0.5, 0.6) is 5.75 Å². The summed E-state index contributed by atoms with van der Waals surface area (Å²) in [6.45, 7) is 2.45. The number of aromatic hydroxyl groups is 1. The van der Waals surface area contributed by atoms with Crippen molar-refractivity contribution in [1.29, 1.82) is 0 Å². The maximum absolute atomic E-state index is 12.1. The Balaban J connectivity index is 1.59. The summed E-state index contributed by atoms with van der Waals surface area (Å²) in [5.41, 5.74) is 13.7. The van der Waals surface area contributed by atoms with E-state index in [1.54, 1.807) is 29.2 Å². The molecule has 0 bridgehead atoms. The van der Waals surface area contributed by atoms with Gasteiger partial charge in [0.05, 0.1) is 0 Å². The zero-order valence-electron chi connectivity index (χ0n) is 14.8. The number of piperazine rings is 1. The zero-order valence-corrected chi connectivity index (χ0v) is 14.8. The van der Waals surface area contributed by atoms with Crippen molar-refractivity contribution in [3.63, 3.8) is 0 Å². The summed E-state index contributed by atoms with van der Waals surface area (Å²) in [6.07, 6.45) is 4.71. The normalized spacial score (nSPS) is 18.9. The van der Waals surface area contributed by atoms with Gasteiger partial charge in [-0.25, -0.2) is 0 Å². The molecule has 0 atom stereocenters. The number of carbonyl (C=O) groups is 1. The van der Waals surface area contributed by atoms with Crippen LogP contribution in [0.4, 0.5) is 4.79 Å². The molecule has 1 heterocycles. The number of carbonyl (C=O) groups excluding carboxylic acids is 1. The van der Waals surface area contributed by atoms with Crippen molar-refractivity contribution in [2.45, 2.75) is 25.4 Å². The summed E-state index contributed by atoms with van der Waals surface area (Å²) >= 11 is 0. The van der Waals surface area contributed by atoms with E-state index in [2.05, 4.69) is 4.90 Å². The summed E-state index contributed by atoms with van der Waals surface area (Å²) in [4.78, 5) is 15.9. The van der Waals surface area contributed by atoms with E-state index < -0.39 is 0 Å². The van der Waals surface area contributed by atoms with E-state index in [0.29, 0.717) is 37.4 Å². The van der Waals surface area contributed by atoms with Gasteiger partial charge in [0.1, 0.15) is 0 Å². The van der Waals surface area contributed by atoms with E-state index in [0.717, 1.165) is 24.8 Å². The fourth-order valence-corrected chi connectivity index (χ4v) is 3.05. The van der Waals surface area contributed by atoms with E-state index >= 15 is 0 Å². The van der Waals surface area contributed by atoms with Crippen LogP contribution in [0.2, 0.25) is 0 Å². The van der Waals surface area contributed by atoms with Gasteiger partial charge in [0.15, 0.2) is 0 Å². The predicted octanol–water partition coefficient (Wildman–Crippen LogP) is 0.706. The van der Waals surface area contributed by atoms with Gasteiger partial charge in [0.25, 0.3) is 0 Å². The van der Waals surface area contributed by atoms with Crippen molar-refractivity contribution in [2.24, 2.45) is 11.4 Å². The number of benzene rings is 1. The number of hydrogen-bond donors (Lipinski definition) is 3. The average molecular weight is 356 g/mol. The first-order chi connectivity index (χ1) is 12.6. The van der Waals surface area contributed by atoms with E-state index in [9.17, 15) is 9.90 Å².